The van der Waals surface area contributed by atoms with Crippen LogP contribution >= 0.6 is 0 Å². The number of carbonyl (C=O) groups is 1. The zero-order chi connectivity index (χ0) is 9.94. The molecule has 0 saturated carbocycles. The van der Waals surface area contributed by atoms with E-state index in [9.17, 15) is 4.79 Å². The molecule has 78 valence electrons. The van der Waals surface area contributed by atoms with E-state index < -0.39 is 5.97 Å². The lowest BCUT2D eigenvalue weighted by Crippen LogP contribution is -2.01. The lowest BCUT2D eigenvalue weighted by molar-refractivity contribution is -0.137. The van der Waals surface area contributed by atoms with Gasteiger partial charge in [-0.3, -0.25) is 4.79 Å². The number of hydrogen-bond donors (Lipinski definition) is 1. The number of aliphatic carboxylic acids is 1. The summed E-state index contributed by atoms with van der Waals surface area (Å²) in [4.78, 5) is 10.1. The first-order valence-corrected chi connectivity index (χ1v) is 5.07. The van der Waals surface area contributed by atoms with Crippen LogP contribution in [0.25, 0.3) is 0 Å². The first kappa shape index (κ1) is 12.4. The van der Waals surface area contributed by atoms with Gasteiger partial charge in [-0.05, 0) is 12.8 Å². The van der Waals surface area contributed by atoms with Crippen molar-refractivity contribution in [2.75, 3.05) is 13.2 Å². The highest BCUT2D eigenvalue weighted by molar-refractivity contribution is 5.66. The van der Waals surface area contributed by atoms with E-state index >= 15 is 0 Å². The van der Waals surface area contributed by atoms with Gasteiger partial charge in [0.15, 0.2) is 0 Å². The maximum absolute atomic E-state index is 10.1. The molecule has 0 aromatic heterocycles. The predicted octanol–water partition coefficient (Wildman–Crippen LogP) is 2.45. The van der Waals surface area contributed by atoms with Gasteiger partial charge in [-0.2, -0.15) is 0 Å². The van der Waals surface area contributed by atoms with E-state index in [4.69, 9.17) is 9.84 Å². The number of carboxylic acid groups (broad SMARTS) is 1. The topological polar surface area (TPSA) is 46.5 Å². The normalized spacial score (nSPS) is 10.2. The van der Waals surface area contributed by atoms with Gasteiger partial charge in [0, 0.05) is 19.6 Å². The summed E-state index contributed by atoms with van der Waals surface area (Å²) in [6, 6.07) is 0. The zero-order valence-electron chi connectivity index (χ0n) is 8.42. The minimum absolute atomic E-state index is 0.217. The lowest BCUT2D eigenvalue weighted by atomic mass is 10.2. The summed E-state index contributed by atoms with van der Waals surface area (Å²) in [6.45, 7) is 3.53. The Labute approximate surface area is 80.1 Å². The number of rotatable bonds is 9. The van der Waals surface area contributed by atoms with Gasteiger partial charge in [0.25, 0.3) is 0 Å². The largest absolute Gasteiger partial charge is 0.481 e. The van der Waals surface area contributed by atoms with Crippen LogP contribution in [0.5, 0.6) is 0 Å². The van der Waals surface area contributed by atoms with Crippen LogP contribution < -0.4 is 0 Å². The number of carboxylic acids is 1. The molecular weight excluding hydrogens is 168 g/mol. The molecule has 13 heavy (non-hydrogen) atoms. The predicted molar refractivity (Wildman–Crippen MR) is 51.8 cm³/mol. The van der Waals surface area contributed by atoms with Gasteiger partial charge >= 0.3 is 5.97 Å². The Morgan fingerprint density at radius 2 is 1.85 bits per heavy atom. The second-order valence-corrected chi connectivity index (χ2v) is 3.17. The standard InChI is InChI=1S/C10H20O3/c1-2-3-4-5-8-13-9-6-7-10(11)12/h2-9H2,1H3,(H,11,12). The molecule has 0 atom stereocenters. The van der Waals surface area contributed by atoms with Crippen molar-refractivity contribution < 1.29 is 14.6 Å². The van der Waals surface area contributed by atoms with E-state index in [-0.39, 0.29) is 6.42 Å². The Morgan fingerprint density at radius 1 is 1.15 bits per heavy atom. The Morgan fingerprint density at radius 3 is 2.46 bits per heavy atom. The summed E-state index contributed by atoms with van der Waals surface area (Å²) < 4.78 is 5.27. The van der Waals surface area contributed by atoms with Crippen molar-refractivity contribution >= 4 is 5.97 Å². The van der Waals surface area contributed by atoms with Crippen molar-refractivity contribution in [2.24, 2.45) is 0 Å². The van der Waals surface area contributed by atoms with E-state index in [2.05, 4.69) is 6.92 Å². The van der Waals surface area contributed by atoms with Crippen molar-refractivity contribution in [3.63, 3.8) is 0 Å². The fraction of sp³-hybridized carbons (Fsp3) is 0.900. The van der Waals surface area contributed by atoms with E-state index in [0.717, 1.165) is 13.0 Å². The third kappa shape index (κ3) is 11.4. The highest BCUT2D eigenvalue weighted by atomic mass is 16.5. The molecule has 0 aromatic carbocycles. The second-order valence-electron chi connectivity index (χ2n) is 3.17. The monoisotopic (exact) mass is 188 g/mol. The molecule has 0 amide bonds. The Bertz CT molecular complexity index is 123. The molecule has 0 spiro atoms. The summed E-state index contributed by atoms with van der Waals surface area (Å²) in [7, 11) is 0. The molecule has 1 N–H and O–H groups in total. The quantitative estimate of drug-likeness (QED) is 0.565. The summed E-state index contributed by atoms with van der Waals surface area (Å²) in [5.74, 6) is -0.741. The van der Waals surface area contributed by atoms with Crippen LogP contribution in [0.15, 0.2) is 0 Å². The van der Waals surface area contributed by atoms with Crippen LogP contribution in [-0.2, 0) is 9.53 Å². The molecule has 0 rings (SSSR count). The third-order valence-corrected chi connectivity index (χ3v) is 1.82. The van der Waals surface area contributed by atoms with E-state index in [1.807, 2.05) is 0 Å². The maximum atomic E-state index is 10.1. The van der Waals surface area contributed by atoms with Gasteiger partial charge < -0.3 is 9.84 Å². The molecular formula is C10H20O3. The summed E-state index contributed by atoms with van der Waals surface area (Å²) in [5.41, 5.74) is 0. The molecule has 0 fully saturated rings. The molecule has 3 heteroatoms. The van der Waals surface area contributed by atoms with Crippen LogP contribution in [0.1, 0.15) is 45.4 Å². The Kier molecular flexibility index (Phi) is 9.10. The van der Waals surface area contributed by atoms with Crippen molar-refractivity contribution in [1.29, 1.82) is 0 Å². The molecule has 0 saturated heterocycles. The molecule has 0 aliphatic rings. The molecule has 0 bridgehead atoms. The van der Waals surface area contributed by atoms with Crippen molar-refractivity contribution in [3.05, 3.63) is 0 Å². The lowest BCUT2D eigenvalue weighted by Gasteiger charge is -2.02. The maximum Gasteiger partial charge on any atom is 0.303 e. The molecule has 3 nitrogen and oxygen atoms in total. The summed E-state index contributed by atoms with van der Waals surface area (Å²) >= 11 is 0. The first-order chi connectivity index (χ1) is 6.27. The fourth-order valence-corrected chi connectivity index (χ4v) is 1.06. The fourth-order valence-electron chi connectivity index (χ4n) is 1.06. The van der Waals surface area contributed by atoms with Gasteiger partial charge in [-0.15, -0.1) is 0 Å². The molecule has 0 aliphatic heterocycles. The molecule has 0 aliphatic carbocycles. The number of hydrogen-bond acceptors (Lipinski definition) is 2. The van der Waals surface area contributed by atoms with E-state index in [0.29, 0.717) is 13.0 Å². The average molecular weight is 188 g/mol. The SMILES string of the molecule is CCCCCCOCCCC(=O)O. The smallest absolute Gasteiger partial charge is 0.303 e. The second kappa shape index (κ2) is 9.52. The van der Waals surface area contributed by atoms with Crippen LogP contribution in [0.4, 0.5) is 0 Å². The Balaban J connectivity index is 2.87. The van der Waals surface area contributed by atoms with E-state index in [1.165, 1.54) is 19.3 Å². The minimum atomic E-state index is -0.741. The van der Waals surface area contributed by atoms with Gasteiger partial charge in [-0.1, -0.05) is 26.2 Å². The summed E-state index contributed by atoms with van der Waals surface area (Å²) in [6.07, 6.45) is 5.66. The minimum Gasteiger partial charge on any atom is -0.481 e. The molecule has 0 aromatic rings. The third-order valence-electron chi connectivity index (χ3n) is 1.82. The molecule has 0 radical (unpaired) electrons. The van der Waals surface area contributed by atoms with Crippen LogP contribution in [0.2, 0.25) is 0 Å². The van der Waals surface area contributed by atoms with Gasteiger partial charge in [-0.25, -0.2) is 0 Å². The van der Waals surface area contributed by atoms with Crippen LogP contribution in [0, 0.1) is 0 Å². The van der Waals surface area contributed by atoms with Crippen molar-refractivity contribution in [3.8, 4) is 0 Å². The Hall–Kier alpha value is -0.570. The van der Waals surface area contributed by atoms with Crippen molar-refractivity contribution in [1.82, 2.24) is 0 Å². The molecule has 0 heterocycles. The van der Waals surface area contributed by atoms with Gasteiger partial charge in [0.05, 0.1) is 0 Å². The zero-order valence-corrected chi connectivity index (χ0v) is 8.42. The van der Waals surface area contributed by atoms with Crippen LogP contribution in [-0.4, -0.2) is 24.3 Å². The van der Waals surface area contributed by atoms with Crippen LogP contribution in [0.3, 0.4) is 0 Å². The average Bonchev–Trinajstić information content (AvgIpc) is 2.09. The van der Waals surface area contributed by atoms with E-state index in [1.54, 1.807) is 0 Å². The summed E-state index contributed by atoms with van der Waals surface area (Å²) in [5, 5.41) is 8.33. The van der Waals surface area contributed by atoms with Gasteiger partial charge in [0.2, 0.25) is 0 Å². The van der Waals surface area contributed by atoms with Gasteiger partial charge in [0.1, 0.15) is 0 Å². The number of ether oxygens (including phenoxy) is 1. The number of unbranched alkanes of at least 4 members (excludes halogenated alkanes) is 3. The first-order valence-electron chi connectivity index (χ1n) is 5.07. The highest BCUT2D eigenvalue weighted by Crippen LogP contribution is 1.99. The highest BCUT2D eigenvalue weighted by Gasteiger charge is 1.95. The molecule has 0 unspecified atom stereocenters. The van der Waals surface area contributed by atoms with Crippen molar-refractivity contribution in [2.45, 2.75) is 45.4 Å².